The quantitative estimate of drug-likeness (QED) is 0.359. The number of esters is 1. The van der Waals surface area contributed by atoms with Gasteiger partial charge in [0.2, 0.25) is 5.94 Å². The van der Waals surface area contributed by atoms with Crippen molar-refractivity contribution in [3.8, 4) is 0 Å². The fourth-order valence-electron chi connectivity index (χ4n) is 0.297. The maximum Gasteiger partial charge on any atom is 0.334 e. The maximum absolute atomic E-state index is 10.7. The third-order valence-electron chi connectivity index (χ3n) is 0.937. The predicted molar refractivity (Wildman–Crippen MR) is 41.7 cm³/mol. The highest BCUT2D eigenvalue weighted by molar-refractivity contribution is 7.86. The van der Waals surface area contributed by atoms with Crippen LogP contribution in [-0.4, -0.2) is 27.4 Å². The molecule has 0 aromatic heterocycles. The van der Waals surface area contributed by atoms with Gasteiger partial charge >= 0.3 is 16.1 Å². The van der Waals surface area contributed by atoms with E-state index in [4.69, 9.17) is 0 Å². The summed E-state index contributed by atoms with van der Waals surface area (Å²) < 4.78 is 29.5. The molecule has 0 aromatic rings. The van der Waals surface area contributed by atoms with Crippen molar-refractivity contribution in [1.29, 1.82) is 0 Å². The molecule has 0 saturated carbocycles. The van der Waals surface area contributed by atoms with Crippen molar-refractivity contribution < 1.29 is 22.1 Å². The minimum atomic E-state index is -3.73. The van der Waals surface area contributed by atoms with Crippen LogP contribution in [0.2, 0.25) is 0 Å². The summed E-state index contributed by atoms with van der Waals surface area (Å²) in [6.45, 7) is 4.69. The molecule has 0 atom stereocenters. The van der Waals surface area contributed by atoms with E-state index in [1.54, 1.807) is 0 Å². The van der Waals surface area contributed by atoms with Gasteiger partial charge in [0.15, 0.2) is 0 Å². The van der Waals surface area contributed by atoms with Crippen molar-refractivity contribution in [3.63, 3.8) is 0 Å². The lowest BCUT2D eigenvalue weighted by molar-refractivity contribution is -0.137. The number of carbonyl (C=O) groups excluding carboxylic acids is 1. The van der Waals surface area contributed by atoms with Crippen molar-refractivity contribution in [2.24, 2.45) is 0 Å². The zero-order valence-electron chi connectivity index (χ0n) is 6.86. The van der Waals surface area contributed by atoms with Crippen molar-refractivity contribution in [2.45, 2.75) is 6.92 Å². The second kappa shape index (κ2) is 4.22. The molecule has 0 aliphatic rings. The molecule has 0 unspecified atom stereocenters. The SMILES string of the molecule is C=C(C)C(=O)OCS(=O)(=O)OC. The van der Waals surface area contributed by atoms with E-state index in [1.807, 2.05) is 0 Å². The summed E-state index contributed by atoms with van der Waals surface area (Å²) >= 11 is 0. The molecule has 70 valence electrons. The zero-order valence-corrected chi connectivity index (χ0v) is 7.68. The minimum absolute atomic E-state index is 0.140. The summed E-state index contributed by atoms with van der Waals surface area (Å²) in [4.78, 5) is 10.7. The molecule has 0 spiro atoms. The van der Waals surface area contributed by atoms with Crippen LogP contribution in [0.3, 0.4) is 0 Å². The van der Waals surface area contributed by atoms with Crippen molar-refractivity contribution in [3.05, 3.63) is 12.2 Å². The number of rotatable bonds is 4. The molecule has 0 aliphatic carbocycles. The Morgan fingerprint density at radius 2 is 2.00 bits per heavy atom. The summed E-state index contributed by atoms with van der Waals surface area (Å²) in [6.07, 6.45) is 0. The number of carbonyl (C=O) groups is 1. The molecular formula is C6H10O5S. The topological polar surface area (TPSA) is 69.7 Å². The minimum Gasteiger partial charge on any atom is -0.443 e. The van der Waals surface area contributed by atoms with E-state index in [0.717, 1.165) is 7.11 Å². The van der Waals surface area contributed by atoms with E-state index in [-0.39, 0.29) is 5.57 Å². The van der Waals surface area contributed by atoms with E-state index < -0.39 is 22.0 Å². The molecule has 0 aromatic carbocycles. The third kappa shape index (κ3) is 4.09. The molecule has 12 heavy (non-hydrogen) atoms. The molecular weight excluding hydrogens is 184 g/mol. The summed E-state index contributed by atoms with van der Waals surface area (Å²) in [5, 5.41) is 0. The number of ether oxygens (including phenoxy) is 1. The summed E-state index contributed by atoms with van der Waals surface area (Å²) in [7, 11) is -2.74. The molecule has 0 aliphatic heterocycles. The van der Waals surface area contributed by atoms with Crippen LogP contribution in [0, 0.1) is 0 Å². The Morgan fingerprint density at radius 1 is 1.50 bits per heavy atom. The van der Waals surface area contributed by atoms with Gasteiger partial charge in [-0.2, -0.15) is 8.42 Å². The molecule has 0 radical (unpaired) electrons. The third-order valence-corrected chi connectivity index (χ3v) is 1.85. The predicted octanol–water partition coefficient (Wildman–Crippen LogP) is 0.0394. The summed E-state index contributed by atoms with van der Waals surface area (Å²) in [5.74, 6) is -1.54. The van der Waals surface area contributed by atoms with Gasteiger partial charge in [-0.15, -0.1) is 0 Å². The van der Waals surface area contributed by atoms with Gasteiger partial charge < -0.3 is 4.74 Å². The summed E-state index contributed by atoms with van der Waals surface area (Å²) in [6, 6.07) is 0. The van der Waals surface area contributed by atoms with Crippen LogP contribution in [0.1, 0.15) is 6.92 Å². The zero-order chi connectivity index (χ0) is 9.78. The highest BCUT2D eigenvalue weighted by atomic mass is 32.2. The Bertz CT molecular complexity index is 276. The van der Waals surface area contributed by atoms with Crippen LogP contribution in [0.25, 0.3) is 0 Å². The monoisotopic (exact) mass is 194 g/mol. The lowest BCUT2D eigenvalue weighted by Crippen LogP contribution is -2.15. The van der Waals surface area contributed by atoms with Crippen LogP contribution in [0.15, 0.2) is 12.2 Å². The second-order valence-corrected chi connectivity index (χ2v) is 3.74. The second-order valence-electron chi connectivity index (χ2n) is 2.05. The van der Waals surface area contributed by atoms with Crippen LogP contribution in [0.5, 0.6) is 0 Å². The fraction of sp³-hybridized carbons (Fsp3) is 0.500. The van der Waals surface area contributed by atoms with Crippen LogP contribution in [0.4, 0.5) is 0 Å². The van der Waals surface area contributed by atoms with E-state index >= 15 is 0 Å². The van der Waals surface area contributed by atoms with Crippen LogP contribution < -0.4 is 0 Å². The first-order valence-corrected chi connectivity index (χ1v) is 4.57. The average Bonchev–Trinajstić information content (AvgIpc) is 2.00. The molecule has 5 nitrogen and oxygen atoms in total. The van der Waals surface area contributed by atoms with E-state index in [9.17, 15) is 13.2 Å². The van der Waals surface area contributed by atoms with Gasteiger partial charge in [0.25, 0.3) is 0 Å². The first-order chi connectivity index (χ1) is 5.39. The molecule has 0 amide bonds. The summed E-state index contributed by atoms with van der Waals surface area (Å²) in [5.41, 5.74) is 0.140. The highest BCUT2D eigenvalue weighted by Gasteiger charge is 2.12. The lowest BCUT2D eigenvalue weighted by Gasteiger charge is -2.02. The van der Waals surface area contributed by atoms with Crippen LogP contribution in [-0.2, 0) is 23.8 Å². The smallest absolute Gasteiger partial charge is 0.334 e. The number of hydrogen-bond acceptors (Lipinski definition) is 5. The molecule has 6 heteroatoms. The van der Waals surface area contributed by atoms with Gasteiger partial charge in [0.05, 0.1) is 7.11 Å². The van der Waals surface area contributed by atoms with Crippen molar-refractivity contribution >= 4 is 16.1 Å². The average molecular weight is 194 g/mol. The molecule has 0 rings (SSSR count). The lowest BCUT2D eigenvalue weighted by atomic mass is 10.4. The molecule has 0 heterocycles. The van der Waals surface area contributed by atoms with Gasteiger partial charge in [-0.3, -0.25) is 4.18 Å². The Labute approximate surface area is 71.1 Å². The molecule has 0 N–H and O–H groups in total. The van der Waals surface area contributed by atoms with Gasteiger partial charge in [0.1, 0.15) is 0 Å². The van der Waals surface area contributed by atoms with E-state index in [0.29, 0.717) is 0 Å². The molecule has 0 fully saturated rings. The Hall–Kier alpha value is -0.880. The van der Waals surface area contributed by atoms with Gasteiger partial charge in [0, 0.05) is 5.57 Å². The van der Waals surface area contributed by atoms with Gasteiger partial charge in [-0.25, -0.2) is 4.79 Å². The Kier molecular flexibility index (Phi) is 3.91. The largest absolute Gasteiger partial charge is 0.443 e. The first kappa shape index (κ1) is 11.1. The standard InChI is InChI=1S/C6H10O5S/c1-5(2)6(7)11-4-12(8,9)10-3/h1,4H2,2-3H3. The van der Waals surface area contributed by atoms with Gasteiger partial charge in [-0.05, 0) is 6.92 Å². The van der Waals surface area contributed by atoms with Crippen LogP contribution >= 0.6 is 0 Å². The van der Waals surface area contributed by atoms with Gasteiger partial charge in [-0.1, -0.05) is 6.58 Å². The highest BCUT2D eigenvalue weighted by Crippen LogP contribution is 1.96. The fourth-order valence-corrected chi connectivity index (χ4v) is 0.645. The Balaban J connectivity index is 4.02. The van der Waals surface area contributed by atoms with Crippen molar-refractivity contribution in [1.82, 2.24) is 0 Å². The maximum atomic E-state index is 10.7. The normalized spacial score (nSPS) is 10.8. The van der Waals surface area contributed by atoms with Crippen molar-refractivity contribution in [2.75, 3.05) is 13.0 Å². The Morgan fingerprint density at radius 3 is 2.33 bits per heavy atom. The van der Waals surface area contributed by atoms with E-state index in [1.165, 1.54) is 6.92 Å². The first-order valence-electron chi connectivity index (χ1n) is 3.00. The number of hydrogen-bond donors (Lipinski definition) is 0. The van der Waals surface area contributed by atoms with E-state index in [2.05, 4.69) is 15.5 Å². The molecule has 0 bridgehead atoms. The molecule has 0 saturated heterocycles.